The van der Waals surface area contributed by atoms with Crippen molar-refractivity contribution >= 4 is 11.0 Å². The minimum absolute atomic E-state index is 0.838. The van der Waals surface area contributed by atoms with Crippen LogP contribution in [0.25, 0.3) is 11.0 Å². The highest BCUT2D eigenvalue weighted by molar-refractivity contribution is 5.72. The van der Waals surface area contributed by atoms with Gasteiger partial charge in [-0.3, -0.25) is 4.68 Å². The summed E-state index contributed by atoms with van der Waals surface area (Å²) in [5.74, 6) is 0.917. The summed E-state index contributed by atoms with van der Waals surface area (Å²) < 4.78 is 2.03. The fourth-order valence-corrected chi connectivity index (χ4v) is 3.07. The maximum absolute atomic E-state index is 4.61. The summed E-state index contributed by atoms with van der Waals surface area (Å²) in [4.78, 5) is 9.02. The molecule has 2 heterocycles. The van der Waals surface area contributed by atoms with Gasteiger partial charge in [-0.05, 0) is 31.2 Å². The van der Waals surface area contributed by atoms with Crippen LogP contribution >= 0.6 is 0 Å². The number of benzene rings is 1. The van der Waals surface area contributed by atoms with Crippen LogP contribution in [0.4, 0.5) is 0 Å². The first-order valence-corrected chi connectivity index (χ1v) is 9.58. The SMILES string of the molecule is CCCCc1ncc2cn(CCCCCCc3ccccc3)nc2n1. The Balaban J connectivity index is 1.40. The normalized spacial score (nSPS) is 11.2. The van der Waals surface area contributed by atoms with Gasteiger partial charge in [-0.2, -0.15) is 5.10 Å². The lowest BCUT2D eigenvalue weighted by Crippen LogP contribution is -1.99. The van der Waals surface area contributed by atoms with Gasteiger partial charge in [-0.15, -0.1) is 0 Å². The van der Waals surface area contributed by atoms with Crippen molar-refractivity contribution in [1.29, 1.82) is 0 Å². The molecule has 3 rings (SSSR count). The van der Waals surface area contributed by atoms with Gasteiger partial charge in [-0.25, -0.2) is 9.97 Å². The lowest BCUT2D eigenvalue weighted by atomic mass is 10.1. The molecular formula is C21H28N4. The molecule has 0 aliphatic rings. The second-order valence-electron chi connectivity index (χ2n) is 6.71. The Kier molecular flexibility index (Phi) is 6.55. The van der Waals surface area contributed by atoms with E-state index >= 15 is 0 Å². The second kappa shape index (κ2) is 9.30. The molecule has 2 aromatic heterocycles. The van der Waals surface area contributed by atoms with Crippen molar-refractivity contribution in [1.82, 2.24) is 19.7 Å². The van der Waals surface area contributed by atoms with Crippen molar-refractivity contribution in [3.8, 4) is 0 Å². The molecule has 3 aromatic rings. The third-order valence-corrected chi connectivity index (χ3v) is 4.56. The van der Waals surface area contributed by atoms with Crippen LogP contribution in [-0.2, 0) is 19.4 Å². The fourth-order valence-electron chi connectivity index (χ4n) is 3.07. The van der Waals surface area contributed by atoms with Gasteiger partial charge in [0.05, 0.1) is 5.39 Å². The van der Waals surface area contributed by atoms with E-state index in [4.69, 9.17) is 0 Å². The van der Waals surface area contributed by atoms with Crippen molar-refractivity contribution in [2.24, 2.45) is 0 Å². The zero-order valence-electron chi connectivity index (χ0n) is 15.2. The largest absolute Gasteiger partial charge is 0.270 e. The lowest BCUT2D eigenvalue weighted by molar-refractivity contribution is 0.537. The van der Waals surface area contributed by atoms with Gasteiger partial charge in [0.25, 0.3) is 0 Å². The van der Waals surface area contributed by atoms with E-state index in [0.29, 0.717) is 0 Å². The van der Waals surface area contributed by atoms with E-state index in [0.717, 1.165) is 36.2 Å². The van der Waals surface area contributed by atoms with Crippen LogP contribution in [0.1, 0.15) is 56.8 Å². The first-order valence-electron chi connectivity index (χ1n) is 9.58. The van der Waals surface area contributed by atoms with Crippen molar-refractivity contribution in [2.45, 2.75) is 64.8 Å². The van der Waals surface area contributed by atoms with Crippen molar-refractivity contribution in [3.63, 3.8) is 0 Å². The maximum Gasteiger partial charge on any atom is 0.184 e. The summed E-state index contributed by atoms with van der Waals surface area (Å²) in [5, 5.41) is 5.66. The third kappa shape index (κ3) is 5.38. The zero-order chi connectivity index (χ0) is 17.3. The van der Waals surface area contributed by atoms with Crippen molar-refractivity contribution in [2.75, 3.05) is 0 Å². The molecule has 132 valence electrons. The summed E-state index contributed by atoms with van der Waals surface area (Å²) in [6, 6.07) is 10.7. The first-order chi connectivity index (χ1) is 12.3. The molecule has 25 heavy (non-hydrogen) atoms. The lowest BCUT2D eigenvalue weighted by Gasteiger charge is -2.02. The van der Waals surface area contributed by atoms with E-state index in [2.05, 4.69) is 58.5 Å². The quantitative estimate of drug-likeness (QED) is 0.491. The highest BCUT2D eigenvalue weighted by Crippen LogP contribution is 2.12. The first kappa shape index (κ1) is 17.6. The van der Waals surface area contributed by atoms with Gasteiger partial charge in [-0.1, -0.05) is 56.5 Å². The summed E-state index contributed by atoms with van der Waals surface area (Å²) in [5.41, 5.74) is 2.28. The Morgan fingerprint density at radius 2 is 1.76 bits per heavy atom. The number of fused-ring (bicyclic) bond motifs is 1. The number of hydrogen-bond acceptors (Lipinski definition) is 3. The summed E-state index contributed by atoms with van der Waals surface area (Å²) in [6.07, 6.45) is 13.4. The van der Waals surface area contributed by atoms with E-state index in [1.165, 1.54) is 44.1 Å². The van der Waals surface area contributed by atoms with Gasteiger partial charge in [0, 0.05) is 25.4 Å². The van der Waals surface area contributed by atoms with Gasteiger partial charge in [0.2, 0.25) is 0 Å². The van der Waals surface area contributed by atoms with Gasteiger partial charge < -0.3 is 0 Å². The average molecular weight is 336 g/mol. The third-order valence-electron chi connectivity index (χ3n) is 4.56. The summed E-state index contributed by atoms with van der Waals surface area (Å²) in [7, 11) is 0. The Labute approximate surface area is 150 Å². The molecule has 0 aliphatic heterocycles. The minimum atomic E-state index is 0.838. The average Bonchev–Trinajstić information content (AvgIpc) is 3.05. The molecule has 4 nitrogen and oxygen atoms in total. The van der Waals surface area contributed by atoms with Crippen LogP contribution in [-0.4, -0.2) is 19.7 Å². The molecule has 0 aliphatic carbocycles. The molecule has 0 spiro atoms. The van der Waals surface area contributed by atoms with Crippen LogP contribution in [0.15, 0.2) is 42.7 Å². The molecule has 0 saturated heterocycles. The number of nitrogens with zero attached hydrogens (tertiary/aromatic N) is 4. The molecule has 0 radical (unpaired) electrons. The fraction of sp³-hybridized carbons (Fsp3) is 0.476. The smallest absolute Gasteiger partial charge is 0.184 e. The minimum Gasteiger partial charge on any atom is -0.270 e. The zero-order valence-corrected chi connectivity index (χ0v) is 15.2. The van der Waals surface area contributed by atoms with E-state index in [9.17, 15) is 0 Å². The molecular weight excluding hydrogens is 308 g/mol. The molecule has 0 bridgehead atoms. The number of aromatic nitrogens is 4. The molecule has 0 N–H and O–H groups in total. The summed E-state index contributed by atoms with van der Waals surface area (Å²) in [6.45, 7) is 3.15. The van der Waals surface area contributed by atoms with Crippen LogP contribution in [0.3, 0.4) is 0 Å². The van der Waals surface area contributed by atoms with Crippen LogP contribution < -0.4 is 0 Å². The number of rotatable bonds is 10. The van der Waals surface area contributed by atoms with Crippen LogP contribution in [0.5, 0.6) is 0 Å². The summed E-state index contributed by atoms with van der Waals surface area (Å²) >= 11 is 0. The molecule has 0 amide bonds. The Morgan fingerprint density at radius 3 is 2.60 bits per heavy atom. The predicted molar refractivity (Wildman–Crippen MR) is 103 cm³/mol. The van der Waals surface area contributed by atoms with Crippen molar-refractivity contribution in [3.05, 3.63) is 54.1 Å². The Morgan fingerprint density at radius 1 is 0.920 bits per heavy atom. The maximum atomic E-state index is 4.61. The monoisotopic (exact) mass is 336 g/mol. The molecule has 1 aromatic carbocycles. The van der Waals surface area contributed by atoms with Crippen LogP contribution in [0.2, 0.25) is 0 Å². The van der Waals surface area contributed by atoms with Gasteiger partial charge in [0.1, 0.15) is 5.82 Å². The van der Waals surface area contributed by atoms with E-state index < -0.39 is 0 Å². The molecule has 0 saturated carbocycles. The number of aryl methyl sites for hydroxylation is 3. The van der Waals surface area contributed by atoms with Crippen molar-refractivity contribution < 1.29 is 0 Å². The number of hydrogen-bond donors (Lipinski definition) is 0. The molecule has 0 fully saturated rings. The van der Waals surface area contributed by atoms with Gasteiger partial charge in [0.15, 0.2) is 5.65 Å². The molecule has 0 unspecified atom stereocenters. The van der Waals surface area contributed by atoms with Crippen LogP contribution in [0, 0.1) is 0 Å². The van der Waals surface area contributed by atoms with Gasteiger partial charge >= 0.3 is 0 Å². The second-order valence-corrected chi connectivity index (χ2v) is 6.71. The standard InChI is InChI=1S/C21H28N4/c1-2-3-14-20-22-16-19-17-25(24-21(19)23-20)15-10-5-4-7-11-18-12-8-6-9-13-18/h6,8-9,12-13,16-17H,2-5,7,10-11,14-15H2,1H3. The van der Waals surface area contributed by atoms with E-state index in [1.54, 1.807) is 0 Å². The topological polar surface area (TPSA) is 43.6 Å². The van der Waals surface area contributed by atoms with E-state index in [-0.39, 0.29) is 0 Å². The Hall–Kier alpha value is -2.23. The Bertz CT molecular complexity index is 764. The number of unbranched alkanes of at least 4 members (excludes halogenated alkanes) is 4. The predicted octanol–water partition coefficient (Wildman–Crippen LogP) is 4.97. The molecule has 4 heteroatoms. The van der Waals surface area contributed by atoms with E-state index in [1.807, 2.05) is 10.9 Å². The molecule has 0 atom stereocenters. The highest BCUT2D eigenvalue weighted by Gasteiger charge is 2.05. The highest BCUT2D eigenvalue weighted by atomic mass is 15.3.